The number of esters is 1. The number of hydrogen-bond donors (Lipinski definition) is 0. The van der Waals surface area contributed by atoms with Crippen molar-refractivity contribution in [2.75, 3.05) is 6.61 Å². The van der Waals surface area contributed by atoms with Crippen LogP contribution in [0, 0.1) is 68.0 Å². The third kappa shape index (κ3) is 3.96. The molecule has 0 aliphatic heterocycles. The van der Waals surface area contributed by atoms with Crippen LogP contribution in [0.4, 0.5) is 0 Å². The van der Waals surface area contributed by atoms with Gasteiger partial charge in [-0.2, -0.15) is 5.26 Å². The highest BCUT2D eigenvalue weighted by molar-refractivity contribution is 5.91. The molecule has 220 valence electrons. The van der Waals surface area contributed by atoms with Gasteiger partial charge in [0.05, 0.1) is 17.2 Å². The van der Waals surface area contributed by atoms with E-state index in [2.05, 4.69) is 52.4 Å². The van der Waals surface area contributed by atoms with Gasteiger partial charge >= 0.3 is 11.9 Å². The molecule has 0 bridgehead atoms. The number of carbonyl (C=O) groups excluding carboxylic acids is 2. The fourth-order valence-corrected chi connectivity index (χ4v) is 11.7. The molecular weight excluding hydrogens is 500 g/mol. The van der Waals surface area contributed by atoms with Crippen LogP contribution in [0.1, 0.15) is 113 Å². The Morgan fingerprint density at radius 1 is 0.925 bits per heavy atom. The van der Waals surface area contributed by atoms with Crippen molar-refractivity contribution in [1.82, 2.24) is 0 Å². The summed E-state index contributed by atoms with van der Waals surface area (Å²) in [6, 6.07) is 2.88. The van der Waals surface area contributed by atoms with Crippen molar-refractivity contribution in [3.8, 4) is 6.07 Å². The molecule has 5 aliphatic rings. The molecule has 0 spiro atoms. The molecule has 0 N–H and O–H groups in total. The van der Waals surface area contributed by atoms with Gasteiger partial charge in [0.1, 0.15) is 6.61 Å². The summed E-state index contributed by atoms with van der Waals surface area (Å²) >= 11 is 0. The predicted molar refractivity (Wildman–Crippen MR) is 155 cm³/mol. The number of oxime groups is 1. The van der Waals surface area contributed by atoms with Gasteiger partial charge in [-0.05, 0) is 117 Å². The minimum Gasteiger partial charge on any atom is -0.465 e. The normalized spacial score (nSPS) is 48.5. The van der Waals surface area contributed by atoms with Crippen molar-refractivity contribution in [3.05, 3.63) is 12.2 Å². The van der Waals surface area contributed by atoms with E-state index in [1.807, 2.05) is 0 Å². The Kier molecular flexibility index (Phi) is 7.12. The minimum absolute atomic E-state index is 0.0539. The van der Waals surface area contributed by atoms with Crippen LogP contribution in [0.25, 0.3) is 0 Å². The molecule has 5 saturated carbocycles. The highest BCUT2D eigenvalue weighted by Crippen LogP contribution is 2.77. The van der Waals surface area contributed by atoms with E-state index in [1.165, 1.54) is 32.3 Å². The van der Waals surface area contributed by atoms with Gasteiger partial charge in [-0.25, -0.2) is 4.79 Å². The third-order valence-corrected chi connectivity index (χ3v) is 13.7. The van der Waals surface area contributed by atoms with Crippen LogP contribution in [0.3, 0.4) is 0 Å². The van der Waals surface area contributed by atoms with Gasteiger partial charge in [0.15, 0.2) is 0 Å². The van der Waals surface area contributed by atoms with Gasteiger partial charge in [0.25, 0.3) is 0 Å². The highest BCUT2D eigenvalue weighted by Gasteiger charge is 2.71. The zero-order valence-electron chi connectivity index (χ0n) is 25.9. The Morgan fingerprint density at radius 2 is 1.65 bits per heavy atom. The Bertz CT molecular complexity index is 1170. The molecule has 0 heterocycles. The van der Waals surface area contributed by atoms with Crippen LogP contribution in [-0.4, -0.2) is 24.3 Å². The molecule has 0 aromatic rings. The zero-order chi connectivity index (χ0) is 29.3. The Labute approximate surface area is 241 Å². The lowest BCUT2D eigenvalue weighted by Crippen LogP contribution is -2.67. The first kappa shape index (κ1) is 29.3. The minimum atomic E-state index is -0.480. The molecule has 5 aliphatic carbocycles. The molecule has 40 heavy (non-hydrogen) atoms. The van der Waals surface area contributed by atoms with Crippen molar-refractivity contribution in [1.29, 1.82) is 5.26 Å². The van der Waals surface area contributed by atoms with Crippen molar-refractivity contribution >= 4 is 17.7 Å². The van der Waals surface area contributed by atoms with E-state index in [9.17, 15) is 14.9 Å². The van der Waals surface area contributed by atoms with E-state index >= 15 is 0 Å². The first-order valence-corrected chi connectivity index (χ1v) is 15.6. The van der Waals surface area contributed by atoms with Gasteiger partial charge in [0, 0.05) is 19.3 Å². The van der Waals surface area contributed by atoms with Crippen LogP contribution in [-0.2, 0) is 19.2 Å². The molecule has 0 amide bonds. The molecule has 0 aromatic heterocycles. The van der Waals surface area contributed by atoms with E-state index in [1.54, 1.807) is 0 Å². The van der Waals surface area contributed by atoms with E-state index in [4.69, 9.17) is 9.57 Å². The number of allylic oxidation sites excluding steroid dienone is 1. The van der Waals surface area contributed by atoms with E-state index in [0.29, 0.717) is 23.7 Å². The summed E-state index contributed by atoms with van der Waals surface area (Å²) in [5.74, 6) is 1.51. The zero-order valence-corrected chi connectivity index (χ0v) is 25.9. The molecule has 0 aromatic carbocycles. The van der Waals surface area contributed by atoms with Gasteiger partial charge < -0.3 is 9.57 Å². The van der Waals surface area contributed by atoms with Crippen molar-refractivity contribution < 1.29 is 19.2 Å². The van der Waals surface area contributed by atoms with Crippen LogP contribution in [0.2, 0.25) is 0 Å². The molecule has 6 heteroatoms. The fourth-order valence-electron chi connectivity index (χ4n) is 11.7. The lowest BCUT2D eigenvalue weighted by molar-refractivity contribution is -0.227. The van der Waals surface area contributed by atoms with E-state index in [-0.39, 0.29) is 40.2 Å². The van der Waals surface area contributed by atoms with Crippen LogP contribution >= 0.6 is 0 Å². The maximum atomic E-state index is 12.0. The topological polar surface area (TPSA) is 88.8 Å². The van der Waals surface area contributed by atoms with Gasteiger partial charge in [-0.15, -0.1) is 0 Å². The quantitative estimate of drug-likeness (QED) is 0.155. The summed E-state index contributed by atoms with van der Waals surface area (Å²) in [6.45, 7) is 19.5. The lowest BCUT2D eigenvalue weighted by Gasteiger charge is -2.72. The first-order valence-electron chi connectivity index (χ1n) is 15.6. The second kappa shape index (κ2) is 9.70. The lowest BCUT2D eigenvalue weighted by atomic mass is 9.32. The van der Waals surface area contributed by atoms with Crippen LogP contribution in [0.5, 0.6) is 0 Å². The van der Waals surface area contributed by atoms with Crippen LogP contribution < -0.4 is 0 Å². The number of ether oxygens (including phenoxy) is 1. The standard InChI is InChI=1S/C34H50N2O4/c1-21(2)24-11-16-34(19-35)18-17-32(7)25(29(24)34)9-10-27-30(5)14-13-28(36-40-23(4)38)31(6,20-39-22(3)37)26(30)12-15-33(27,32)8/h24-27,29H,1,9-18,20H2,2-8H3/b36-28-/t24-,25+,26+,27+,29+,30-,31-,32+,33+,34+/m0/s1. The number of rotatable bonds is 4. The Hall–Kier alpha value is -2.16. The smallest absolute Gasteiger partial charge is 0.331 e. The number of hydrogen-bond acceptors (Lipinski definition) is 6. The maximum absolute atomic E-state index is 12.0. The number of nitrogens with zero attached hydrogens (tertiary/aromatic N) is 2. The number of carbonyl (C=O) groups is 2. The Balaban J connectivity index is 1.53. The predicted octanol–water partition coefficient (Wildman–Crippen LogP) is 7.63. The molecule has 0 unspecified atom stereocenters. The summed E-state index contributed by atoms with van der Waals surface area (Å²) in [7, 11) is 0. The summed E-state index contributed by atoms with van der Waals surface area (Å²) in [6.07, 6.45) is 10.5. The van der Waals surface area contributed by atoms with E-state index in [0.717, 1.165) is 57.1 Å². The molecule has 6 nitrogen and oxygen atoms in total. The van der Waals surface area contributed by atoms with E-state index < -0.39 is 11.4 Å². The van der Waals surface area contributed by atoms with Gasteiger partial charge in [0.2, 0.25) is 0 Å². The van der Waals surface area contributed by atoms with Gasteiger partial charge in [-0.1, -0.05) is 45.0 Å². The Morgan fingerprint density at radius 3 is 2.27 bits per heavy atom. The molecule has 0 saturated heterocycles. The molecule has 5 fully saturated rings. The summed E-state index contributed by atoms with van der Waals surface area (Å²) in [5.41, 5.74) is 1.84. The second-order valence-electron chi connectivity index (χ2n) is 15.3. The average molecular weight is 551 g/mol. The maximum Gasteiger partial charge on any atom is 0.331 e. The summed E-state index contributed by atoms with van der Waals surface area (Å²) in [5, 5.41) is 14.9. The first-order chi connectivity index (χ1) is 18.7. The molecule has 5 rings (SSSR count). The van der Waals surface area contributed by atoms with Crippen molar-refractivity contribution in [3.63, 3.8) is 0 Å². The highest BCUT2D eigenvalue weighted by atomic mass is 16.7. The molecule has 0 radical (unpaired) electrons. The average Bonchev–Trinajstić information content (AvgIpc) is 3.28. The second-order valence-corrected chi connectivity index (χ2v) is 15.3. The summed E-state index contributed by atoms with van der Waals surface area (Å²) in [4.78, 5) is 28.8. The number of fused-ring (bicyclic) bond motifs is 7. The third-order valence-electron chi connectivity index (χ3n) is 13.7. The largest absolute Gasteiger partial charge is 0.465 e. The van der Waals surface area contributed by atoms with Crippen LogP contribution in [0.15, 0.2) is 17.3 Å². The van der Waals surface area contributed by atoms with Crippen molar-refractivity contribution in [2.24, 2.45) is 61.8 Å². The fraction of sp³-hybridized carbons (Fsp3) is 0.824. The number of nitriles is 1. The summed E-state index contributed by atoms with van der Waals surface area (Å²) < 4.78 is 5.69. The molecular formula is C34H50N2O4. The monoisotopic (exact) mass is 550 g/mol. The van der Waals surface area contributed by atoms with Crippen molar-refractivity contribution in [2.45, 2.75) is 113 Å². The molecule has 10 atom stereocenters. The van der Waals surface area contributed by atoms with Gasteiger partial charge in [-0.3, -0.25) is 4.79 Å². The SMILES string of the molecule is C=C(C)[C@@H]1CC[C@]2(C#N)CC[C@]3(C)[C@H](CC[C@@H]4[C@@]5(C)CC/C(=N/OC(C)=O)[C@@](C)(COC(C)=O)[C@@H]5CC[C@]43C)[C@@H]12.